The number of anilines is 2. The van der Waals surface area contributed by atoms with Crippen LogP contribution in [0.1, 0.15) is 27.7 Å². The van der Waals surface area contributed by atoms with Crippen LogP contribution < -0.4 is 16.0 Å². The number of carbonyl (C=O) groups is 2. The lowest BCUT2D eigenvalue weighted by atomic mass is 10.2. The van der Waals surface area contributed by atoms with Crippen LogP contribution in [0.25, 0.3) is 0 Å². The summed E-state index contributed by atoms with van der Waals surface area (Å²) in [5, 5.41) is 8.23. The number of nitrogens with one attached hydrogen (secondary N) is 3. The summed E-state index contributed by atoms with van der Waals surface area (Å²) in [6, 6.07) is 6.86. The van der Waals surface area contributed by atoms with E-state index in [1.807, 2.05) is 27.7 Å². The topological polar surface area (TPSA) is 70.2 Å². The van der Waals surface area contributed by atoms with E-state index in [2.05, 4.69) is 16.0 Å². The first-order valence-corrected chi connectivity index (χ1v) is 6.37. The second kappa shape index (κ2) is 6.78. The Balaban J connectivity index is 2.67. The van der Waals surface area contributed by atoms with Crippen molar-refractivity contribution in [2.75, 3.05) is 10.6 Å². The molecule has 0 spiro atoms. The van der Waals surface area contributed by atoms with E-state index in [0.717, 1.165) is 0 Å². The zero-order chi connectivity index (χ0) is 14.4. The third-order valence-corrected chi connectivity index (χ3v) is 2.33. The van der Waals surface area contributed by atoms with Crippen molar-refractivity contribution in [1.29, 1.82) is 0 Å². The molecule has 0 saturated carbocycles. The number of benzene rings is 1. The van der Waals surface area contributed by atoms with Gasteiger partial charge in [0.2, 0.25) is 5.91 Å². The van der Waals surface area contributed by atoms with Crippen LogP contribution in [-0.4, -0.2) is 18.0 Å². The minimum Gasteiger partial charge on any atom is -0.336 e. The average Bonchev–Trinajstić information content (AvgIpc) is 2.27. The fourth-order valence-electron chi connectivity index (χ4n) is 1.39. The highest BCUT2D eigenvalue weighted by molar-refractivity contribution is 5.94. The molecule has 3 amide bonds. The summed E-state index contributed by atoms with van der Waals surface area (Å²) in [5.74, 6) is -0.135. The number of carbonyl (C=O) groups excluding carboxylic acids is 2. The van der Waals surface area contributed by atoms with E-state index in [1.54, 1.807) is 24.3 Å². The minimum atomic E-state index is -0.262. The first kappa shape index (κ1) is 15.0. The van der Waals surface area contributed by atoms with Crippen LogP contribution in [-0.2, 0) is 4.79 Å². The van der Waals surface area contributed by atoms with Crippen LogP contribution in [0.4, 0.5) is 16.2 Å². The molecule has 5 nitrogen and oxygen atoms in total. The fraction of sp³-hybridized carbons (Fsp3) is 0.429. The maximum atomic E-state index is 11.6. The fourth-order valence-corrected chi connectivity index (χ4v) is 1.39. The molecule has 104 valence electrons. The van der Waals surface area contributed by atoms with E-state index in [9.17, 15) is 9.59 Å². The van der Waals surface area contributed by atoms with Gasteiger partial charge in [0.15, 0.2) is 0 Å². The second-order valence-corrected chi connectivity index (χ2v) is 4.98. The van der Waals surface area contributed by atoms with E-state index < -0.39 is 0 Å². The lowest BCUT2D eigenvalue weighted by Gasteiger charge is -2.12. The van der Waals surface area contributed by atoms with Gasteiger partial charge in [0.1, 0.15) is 0 Å². The van der Waals surface area contributed by atoms with Crippen LogP contribution in [0.15, 0.2) is 24.3 Å². The maximum Gasteiger partial charge on any atom is 0.319 e. The van der Waals surface area contributed by atoms with Crippen molar-refractivity contribution >= 4 is 23.3 Å². The quantitative estimate of drug-likeness (QED) is 0.781. The third-order valence-electron chi connectivity index (χ3n) is 2.33. The molecular formula is C14H21N3O2. The Kier molecular flexibility index (Phi) is 5.36. The summed E-state index contributed by atoms with van der Waals surface area (Å²) in [5.41, 5.74) is 1.31. The van der Waals surface area contributed by atoms with E-state index in [0.29, 0.717) is 11.4 Å². The average molecular weight is 263 g/mol. The van der Waals surface area contributed by atoms with E-state index in [4.69, 9.17) is 0 Å². The van der Waals surface area contributed by atoms with E-state index >= 15 is 0 Å². The van der Waals surface area contributed by atoms with Crippen molar-refractivity contribution in [1.82, 2.24) is 5.32 Å². The molecule has 0 unspecified atom stereocenters. The Morgan fingerprint density at radius 3 is 2.11 bits per heavy atom. The Labute approximate surface area is 113 Å². The van der Waals surface area contributed by atoms with Gasteiger partial charge in [-0.25, -0.2) is 4.79 Å². The summed E-state index contributed by atoms with van der Waals surface area (Å²) in [7, 11) is 0. The highest BCUT2D eigenvalue weighted by Crippen LogP contribution is 2.15. The standard InChI is InChI=1S/C14H21N3O2/c1-9(2)13(18)16-11-6-5-7-12(8-11)17-14(19)15-10(3)4/h5-10H,1-4H3,(H,16,18)(H2,15,17,19). The molecule has 0 aliphatic carbocycles. The number of rotatable bonds is 4. The van der Waals surface area contributed by atoms with Crippen LogP contribution >= 0.6 is 0 Å². The summed E-state index contributed by atoms with van der Waals surface area (Å²) >= 11 is 0. The predicted octanol–water partition coefficient (Wildman–Crippen LogP) is 2.81. The molecule has 19 heavy (non-hydrogen) atoms. The molecule has 0 fully saturated rings. The molecule has 1 aromatic carbocycles. The molecule has 1 aromatic rings. The Morgan fingerprint density at radius 1 is 1.00 bits per heavy atom. The molecule has 0 saturated heterocycles. The number of hydrogen-bond acceptors (Lipinski definition) is 2. The van der Waals surface area contributed by atoms with Gasteiger partial charge in [-0.15, -0.1) is 0 Å². The van der Waals surface area contributed by atoms with Crippen LogP contribution in [0.2, 0.25) is 0 Å². The van der Waals surface area contributed by atoms with Gasteiger partial charge in [0.25, 0.3) is 0 Å². The van der Waals surface area contributed by atoms with Gasteiger partial charge in [-0.3, -0.25) is 4.79 Å². The third kappa shape index (κ3) is 5.42. The van der Waals surface area contributed by atoms with Gasteiger partial charge in [-0.2, -0.15) is 0 Å². The lowest BCUT2D eigenvalue weighted by molar-refractivity contribution is -0.118. The molecule has 0 atom stereocenters. The summed E-state index contributed by atoms with van der Waals surface area (Å²) in [6.07, 6.45) is 0. The van der Waals surface area contributed by atoms with Gasteiger partial charge in [-0.1, -0.05) is 19.9 Å². The Hall–Kier alpha value is -2.04. The van der Waals surface area contributed by atoms with Crippen molar-refractivity contribution in [3.05, 3.63) is 24.3 Å². The molecule has 1 rings (SSSR count). The van der Waals surface area contributed by atoms with Crippen LogP contribution in [0.3, 0.4) is 0 Å². The maximum absolute atomic E-state index is 11.6. The molecule has 3 N–H and O–H groups in total. The first-order valence-electron chi connectivity index (χ1n) is 6.37. The van der Waals surface area contributed by atoms with Crippen molar-refractivity contribution in [3.63, 3.8) is 0 Å². The zero-order valence-corrected chi connectivity index (χ0v) is 11.8. The summed E-state index contributed by atoms with van der Waals surface area (Å²) in [6.45, 7) is 7.43. The van der Waals surface area contributed by atoms with Gasteiger partial charge < -0.3 is 16.0 Å². The van der Waals surface area contributed by atoms with Crippen molar-refractivity contribution in [2.45, 2.75) is 33.7 Å². The molecule has 5 heteroatoms. The molecule has 0 bridgehead atoms. The van der Waals surface area contributed by atoms with Gasteiger partial charge in [0.05, 0.1) is 0 Å². The molecule has 0 aliphatic rings. The lowest BCUT2D eigenvalue weighted by Crippen LogP contribution is -2.34. The first-order chi connectivity index (χ1) is 8.88. The smallest absolute Gasteiger partial charge is 0.319 e. The Morgan fingerprint density at radius 2 is 1.58 bits per heavy atom. The second-order valence-electron chi connectivity index (χ2n) is 4.98. The largest absolute Gasteiger partial charge is 0.336 e. The normalized spacial score (nSPS) is 10.4. The highest BCUT2D eigenvalue weighted by Gasteiger charge is 2.08. The van der Waals surface area contributed by atoms with Crippen LogP contribution in [0.5, 0.6) is 0 Å². The molecule has 0 aromatic heterocycles. The number of hydrogen-bond donors (Lipinski definition) is 3. The summed E-state index contributed by atoms with van der Waals surface area (Å²) < 4.78 is 0. The minimum absolute atomic E-state index is 0.0521. The number of urea groups is 1. The van der Waals surface area contributed by atoms with E-state index in [1.165, 1.54) is 0 Å². The molecule has 0 aliphatic heterocycles. The van der Waals surface area contributed by atoms with Crippen molar-refractivity contribution < 1.29 is 9.59 Å². The van der Waals surface area contributed by atoms with Crippen molar-refractivity contribution in [2.24, 2.45) is 5.92 Å². The molecule has 0 radical (unpaired) electrons. The van der Waals surface area contributed by atoms with Crippen molar-refractivity contribution in [3.8, 4) is 0 Å². The SMILES string of the molecule is CC(C)NC(=O)Nc1cccc(NC(=O)C(C)C)c1. The Bertz CT molecular complexity index is 456. The predicted molar refractivity (Wildman–Crippen MR) is 77.2 cm³/mol. The van der Waals surface area contributed by atoms with E-state index in [-0.39, 0.29) is 23.9 Å². The zero-order valence-electron chi connectivity index (χ0n) is 11.8. The van der Waals surface area contributed by atoms with Gasteiger partial charge in [-0.05, 0) is 32.0 Å². The number of amides is 3. The monoisotopic (exact) mass is 263 g/mol. The van der Waals surface area contributed by atoms with Crippen LogP contribution in [0, 0.1) is 5.92 Å². The summed E-state index contributed by atoms with van der Waals surface area (Å²) in [4.78, 5) is 23.1. The molecular weight excluding hydrogens is 242 g/mol. The van der Waals surface area contributed by atoms with Gasteiger partial charge in [0, 0.05) is 23.3 Å². The highest BCUT2D eigenvalue weighted by atomic mass is 16.2. The molecule has 0 heterocycles. The van der Waals surface area contributed by atoms with Gasteiger partial charge >= 0.3 is 6.03 Å².